The van der Waals surface area contributed by atoms with Gasteiger partial charge in [-0.1, -0.05) is 6.92 Å². The van der Waals surface area contributed by atoms with Crippen LogP contribution in [-0.4, -0.2) is 17.1 Å². The molecule has 0 aliphatic carbocycles. The number of rotatable bonds is 7. The molecule has 1 atom stereocenters. The first-order valence-corrected chi connectivity index (χ1v) is 7.88. The van der Waals surface area contributed by atoms with Crippen LogP contribution in [0.3, 0.4) is 0 Å². The minimum absolute atomic E-state index is 0.0301. The largest absolute Gasteiger partial charge is 0.491 e. The molecule has 6 nitrogen and oxygen atoms in total. The lowest BCUT2D eigenvalue weighted by Gasteiger charge is -2.19. The van der Waals surface area contributed by atoms with Crippen LogP contribution >= 0.6 is 31.9 Å². The van der Waals surface area contributed by atoms with Crippen LogP contribution in [0, 0.1) is 21.4 Å². The monoisotopic (exact) mass is 419 g/mol. The molecule has 1 aromatic carbocycles. The van der Waals surface area contributed by atoms with Crippen molar-refractivity contribution in [3.05, 3.63) is 31.2 Å². The highest BCUT2D eigenvalue weighted by atomic mass is 79.9. The normalized spacial score (nSPS) is 13.3. The SMILES string of the molecule is CCC(N)(C#N)CCCOc1c(Br)cc([N+](=O)[O-])cc1Br. The third-order valence-corrected chi connectivity index (χ3v) is 4.24. The molecule has 0 amide bonds. The molecule has 0 saturated heterocycles. The van der Waals surface area contributed by atoms with E-state index in [0.717, 1.165) is 0 Å². The van der Waals surface area contributed by atoms with Crippen molar-refractivity contribution in [1.82, 2.24) is 0 Å². The minimum Gasteiger partial charge on any atom is -0.491 e. The van der Waals surface area contributed by atoms with Gasteiger partial charge in [0, 0.05) is 12.1 Å². The van der Waals surface area contributed by atoms with Crippen molar-refractivity contribution in [2.45, 2.75) is 31.7 Å². The van der Waals surface area contributed by atoms with Gasteiger partial charge in [-0.15, -0.1) is 0 Å². The van der Waals surface area contributed by atoms with E-state index in [1.807, 2.05) is 6.92 Å². The van der Waals surface area contributed by atoms with E-state index in [1.54, 1.807) is 0 Å². The van der Waals surface area contributed by atoms with Gasteiger partial charge in [-0.05, 0) is 51.1 Å². The van der Waals surface area contributed by atoms with Crippen molar-refractivity contribution in [2.24, 2.45) is 5.73 Å². The maximum atomic E-state index is 10.7. The van der Waals surface area contributed by atoms with E-state index in [4.69, 9.17) is 15.7 Å². The predicted octanol–water partition coefficient (Wildman–Crippen LogP) is 3.91. The summed E-state index contributed by atoms with van der Waals surface area (Å²) in [5, 5.41) is 19.7. The van der Waals surface area contributed by atoms with Gasteiger partial charge >= 0.3 is 0 Å². The Labute approximate surface area is 139 Å². The third kappa shape index (κ3) is 4.95. The molecule has 0 bridgehead atoms. The zero-order valence-electron chi connectivity index (χ0n) is 11.4. The number of non-ortho nitro benzene ring substituents is 1. The van der Waals surface area contributed by atoms with Crippen LogP contribution in [-0.2, 0) is 0 Å². The Morgan fingerprint density at radius 2 is 2.05 bits per heavy atom. The smallest absolute Gasteiger partial charge is 0.271 e. The number of nitrogens with two attached hydrogens (primary N) is 1. The topological polar surface area (TPSA) is 102 Å². The molecule has 0 heterocycles. The molecule has 1 rings (SSSR count). The van der Waals surface area contributed by atoms with Crippen LogP contribution in [0.25, 0.3) is 0 Å². The average molecular weight is 421 g/mol. The molecule has 114 valence electrons. The van der Waals surface area contributed by atoms with Crippen LogP contribution in [0.2, 0.25) is 0 Å². The Kier molecular flexibility index (Phi) is 6.58. The summed E-state index contributed by atoms with van der Waals surface area (Å²) in [6.07, 6.45) is 1.73. The molecule has 0 aliphatic heterocycles. The highest BCUT2D eigenvalue weighted by Gasteiger charge is 2.21. The molecular weight excluding hydrogens is 406 g/mol. The van der Waals surface area contributed by atoms with E-state index >= 15 is 0 Å². The van der Waals surface area contributed by atoms with E-state index in [9.17, 15) is 10.1 Å². The number of halogens is 2. The molecule has 21 heavy (non-hydrogen) atoms. The number of nitrogens with zero attached hydrogens (tertiary/aromatic N) is 2. The fourth-order valence-electron chi connectivity index (χ4n) is 1.66. The number of ether oxygens (including phenoxy) is 1. The maximum absolute atomic E-state index is 10.7. The Balaban J connectivity index is 2.65. The molecule has 1 aromatic rings. The van der Waals surface area contributed by atoms with E-state index in [-0.39, 0.29) is 5.69 Å². The molecule has 0 aliphatic rings. The highest BCUT2D eigenvalue weighted by molar-refractivity contribution is 9.11. The third-order valence-electron chi connectivity index (χ3n) is 3.06. The van der Waals surface area contributed by atoms with Crippen LogP contribution in [0.4, 0.5) is 5.69 Å². The summed E-state index contributed by atoms with van der Waals surface area (Å²) < 4.78 is 6.60. The van der Waals surface area contributed by atoms with Crippen molar-refractivity contribution >= 4 is 37.5 Å². The van der Waals surface area contributed by atoms with Gasteiger partial charge in [0.25, 0.3) is 5.69 Å². The zero-order chi connectivity index (χ0) is 16.0. The standard InChI is InChI=1S/C13H15Br2N3O3/c1-2-13(17,8-16)4-3-5-21-12-10(14)6-9(18(19)20)7-11(12)15/h6-7H,2-5,17H2,1H3. The summed E-state index contributed by atoms with van der Waals surface area (Å²) in [6, 6.07) is 4.87. The fraction of sp³-hybridized carbons (Fsp3) is 0.462. The molecule has 2 N–H and O–H groups in total. The number of hydrogen-bond donors (Lipinski definition) is 1. The lowest BCUT2D eigenvalue weighted by Crippen LogP contribution is -2.37. The lowest BCUT2D eigenvalue weighted by molar-refractivity contribution is -0.385. The van der Waals surface area contributed by atoms with Crippen molar-refractivity contribution in [1.29, 1.82) is 5.26 Å². The van der Waals surface area contributed by atoms with Crippen LogP contribution in [0.1, 0.15) is 26.2 Å². The van der Waals surface area contributed by atoms with Crippen molar-refractivity contribution in [3.8, 4) is 11.8 Å². The highest BCUT2D eigenvalue weighted by Crippen LogP contribution is 2.37. The number of nitriles is 1. The number of nitro groups is 1. The Morgan fingerprint density at radius 3 is 2.48 bits per heavy atom. The Hall–Kier alpha value is -1.17. The second-order valence-corrected chi connectivity index (χ2v) is 6.28. The van der Waals surface area contributed by atoms with Crippen LogP contribution in [0.15, 0.2) is 21.1 Å². The summed E-state index contributed by atoms with van der Waals surface area (Å²) >= 11 is 6.50. The van der Waals surface area contributed by atoms with Gasteiger partial charge < -0.3 is 10.5 Å². The second-order valence-electron chi connectivity index (χ2n) is 4.57. The molecular formula is C13H15Br2N3O3. The van der Waals surface area contributed by atoms with Gasteiger partial charge in [-0.25, -0.2) is 0 Å². The average Bonchev–Trinajstić information content (AvgIpc) is 2.45. The summed E-state index contributed by atoms with van der Waals surface area (Å²) in [5.41, 5.74) is 5.02. The van der Waals surface area contributed by atoms with Crippen molar-refractivity contribution in [3.63, 3.8) is 0 Å². The fourth-order valence-corrected chi connectivity index (χ4v) is 3.05. The molecule has 0 fully saturated rings. The van der Waals surface area contributed by atoms with Crippen molar-refractivity contribution in [2.75, 3.05) is 6.61 Å². The summed E-state index contributed by atoms with van der Waals surface area (Å²) in [4.78, 5) is 10.3. The molecule has 0 spiro atoms. The van der Waals surface area contributed by atoms with Crippen LogP contribution in [0.5, 0.6) is 5.75 Å². The quantitative estimate of drug-likeness (QED) is 0.409. The zero-order valence-corrected chi connectivity index (χ0v) is 14.6. The summed E-state index contributed by atoms with van der Waals surface area (Å²) in [6.45, 7) is 2.24. The van der Waals surface area contributed by atoms with Gasteiger partial charge in [-0.2, -0.15) is 5.26 Å². The maximum Gasteiger partial charge on any atom is 0.271 e. The first-order chi connectivity index (χ1) is 9.83. The summed E-state index contributed by atoms with van der Waals surface area (Å²) in [5.74, 6) is 0.497. The van der Waals surface area contributed by atoms with Gasteiger partial charge in [0.15, 0.2) is 0 Å². The second kappa shape index (κ2) is 7.73. The van der Waals surface area contributed by atoms with Gasteiger partial charge in [-0.3, -0.25) is 10.1 Å². The molecule has 0 aromatic heterocycles. The lowest BCUT2D eigenvalue weighted by atomic mass is 9.94. The predicted molar refractivity (Wildman–Crippen MR) is 86.0 cm³/mol. The van der Waals surface area contributed by atoms with E-state index in [2.05, 4.69) is 37.9 Å². The van der Waals surface area contributed by atoms with E-state index in [1.165, 1.54) is 12.1 Å². The molecule has 0 saturated carbocycles. The van der Waals surface area contributed by atoms with Gasteiger partial charge in [0.05, 0.1) is 26.5 Å². The van der Waals surface area contributed by atoms with E-state index in [0.29, 0.717) is 40.6 Å². The van der Waals surface area contributed by atoms with Gasteiger partial charge in [0.2, 0.25) is 0 Å². The molecule has 0 radical (unpaired) electrons. The van der Waals surface area contributed by atoms with Crippen molar-refractivity contribution < 1.29 is 9.66 Å². The first kappa shape index (κ1) is 17.9. The minimum atomic E-state index is -0.826. The number of hydrogen-bond acceptors (Lipinski definition) is 5. The Morgan fingerprint density at radius 1 is 1.48 bits per heavy atom. The first-order valence-electron chi connectivity index (χ1n) is 6.29. The summed E-state index contributed by atoms with van der Waals surface area (Å²) in [7, 11) is 0. The molecule has 1 unspecified atom stereocenters. The van der Waals surface area contributed by atoms with E-state index < -0.39 is 10.5 Å². The van der Waals surface area contributed by atoms with Gasteiger partial charge in [0.1, 0.15) is 11.3 Å². The van der Waals surface area contributed by atoms with Crippen LogP contribution < -0.4 is 10.5 Å². The number of nitro benzene ring substituents is 1. The number of benzene rings is 1. The molecule has 8 heteroatoms. The Bertz CT molecular complexity index is 551.